The molecule has 0 aliphatic heterocycles. The van der Waals surface area contributed by atoms with E-state index < -0.39 is 0 Å². The number of hydrogen-bond acceptors (Lipinski definition) is 3. The molecule has 68 valence electrons. The van der Waals surface area contributed by atoms with Gasteiger partial charge >= 0.3 is 0 Å². The summed E-state index contributed by atoms with van der Waals surface area (Å²) in [6.07, 6.45) is 4.71. The molecule has 0 spiro atoms. The Bertz CT molecular complexity index is 437. The summed E-state index contributed by atoms with van der Waals surface area (Å²) in [5.41, 5.74) is 2.33. The fourth-order valence-corrected chi connectivity index (χ4v) is 1.25. The lowest BCUT2D eigenvalue weighted by Gasteiger charge is -2.01. The largest absolute Gasteiger partial charge is 0.308 e. The van der Waals surface area contributed by atoms with Gasteiger partial charge in [-0.05, 0) is 24.3 Å². The van der Waals surface area contributed by atoms with Crippen LogP contribution in [0.5, 0.6) is 0 Å². The molecular weight excluding hydrogens is 174 g/mol. The fourth-order valence-electron chi connectivity index (χ4n) is 1.25. The summed E-state index contributed by atoms with van der Waals surface area (Å²) in [5, 5.41) is 7.24. The number of hydrogen-bond donors (Lipinski definition) is 1. The summed E-state index contributed by atoms with van der Waals surface area (Å²) in [5.74, 6) is 0. The number of nitrogens with zero attached hydrogens (tertiary/aromatic N) is 2. The van der Waals surface area contributed by atoms with Crippen LogP contribution in [0.15, 0.2) is 42.7 Å². The SMILES string of the molecule is N=Cc1cccnc1-c1ccccn1. The molecule has 0 bridgehead atoms. The van der Waals surface area contributed by atoms with Gasteiger partial charge in [-0.25, -0.2) is 0 Å². The van der Waals surface area contributed by atoms with E-state index in [-0.39, 0.29) is 0 Å². The maximum atomic E-state index is 7.24. The minimum Gasteiger partial charge on any atom is -0.308 e. The Labute approximate surface area is 82.0 Å². The minimum absolute atomic E-state index is 0.753. The van der Waals surface area contributed by atoms with Crippen LogP contribution in [0.3, 0.4) is 0 Å². The van der Waals surface area contributed by atoms with E-state index in [9.17, 15) is 0 Å². The van der Waals surface area contributed by atoms with Crippen LogP contribution in [-0.2, 0) is 0 Å². The van der Waals surface area contributed by atoms with Crippen molar-refractivity contribution in [3.63, 3.8) is 0 Å². The molecule has 2 rings (SSSR count). The number of aromatic nitrogens is 2. The van der Waals surface area contributed by atoms with Crippen LogP contribution in [0.25, 0.3) is 11.4 Å². The zero-order valence-electron chi connectivity index (χ0n) is 7.51. The monoisotopic (exact) mass is 183 g/mol. The van der Waals surface area contributed by atoms with E-state index in [1.54, 1.807) is 12.4 Å². The summed E-state index contributed by atoms with van der Waals surface area (Å²) in [6.45, 7) is 0. The fraction of sp³-hybridized carbons (Fsp3) is 0. The summed E-state index contributed by atoms with van der Waals surface area (Å²) < 4.78 is 0. The first-order valence-electron chi connectivity index (χ1n) is 4.28. The molecule has 2 heterocycles. The van der Waals surface area contributed by atoms with Gasteiger partial charge in [-0.15, -0.1) is 0 Å². The Morgan fingerprint density at radius 1 is 1.00 bits per heavy atom. The molecule has 14 heavy (non-hydrogen) atoms. The van der Waals surface area contributed by atoms with E-state index in [2.05, 4.69) is 9.97 Å². The third-order valence-corrected chi connectivity index (χ3v) is 1.90. The summed E-state index contributed by atoms with van der Waals surface area (Å²) in [4.78, 5) is 8.40. The summed E-state index contributed by atoms with van der Waals surface area (Å²) in [7, 11) is 0. The lowest BCUT2D eigenvalue weighted by molar-refractivity contribution is 1.24. The van der Waals surface area contributed by atoms with Crippen molar-refractivity contribution in [2.75, 3.05) is 0 Å². The van der Waals surface area contributed by atoms with Gasteiger partial charge in [0.25, 0.3) is 0 Å². The van der Waals surface area contributed by atoms with Gasteiger partial charge in [0.15, 0.2) is 0 Å². The Hall–Kier alpha value is -2.03. The van der Waals surface area contributed by atoms with Crippen molar-refractivity contribution in [1.29, 1.82) is 5.41 Å². The first kappa shape index (κ1) is 8.56. The molecule has 0 atom stereocenters. The summed E-state index contributed by atoms with van der Waals surface area (Å²) in [6, 6.07) is 9.31. The van der Waals surface area contributed by atoms with Gasteiger partial charge in [-0.2, -0.15) is 0 Å². The highest BCUT2D eigenvalue weighted by Crippen LogP contribution is 2.16. The zero-order valence-corrected chi connectivity index (χ0v) is 7.51. The number of nitrogens with one attached hydrogen (secondary N) is 1. The van der Waals surface area contributed by atoms with Crippen molar-refractivity contribution in [3.05, 3.63) is 48.3 Å². The normalized spacial score (nSPS) is 9.71. The van der Waals surface area contributed by atoms with E-state index in [0.29, 0.717) is 0 Å². The molecule has 0 aliphatic rings. The Morgan fingerprint density at radius 3 is 2.57 bits per heavy atom. The topological polar surface area (TPSA) is 49.6 Å². The second-order valence-electron chi connectivity index (χ2n) is 2.80. The molecule has 1 N–H and O–H groups in total. The van der Waals surface area contributed by atoms with Gasteiger partial charge in [0.2, 0.25) is 0 Å². The molecule has 2 aromatic rings. The molecule has 0 saturated heterocycles. The van der Waals surface area contributed by atoms with Crippen LogP contribution in [0, 0.1) is 5.41 Å². The van der Waals surface area contributed by atoms with Crippen LogP contribution < -0.4 is 0 Å². The van der Waals surface area contributed by atoms with Gasteiger partial charge in [-0.1, -0.05) is 6.07 Å². The molecule has 0 saturated carbocycles. The van der Waals surface area contributed by atoms with E-state index in [4.69, 9.17) is 5.41 Å². The molecule has 0 fully saturated rings. The third-order valence-electron chi connectivity index (χ3n) is 1.90. The average Bonchev–Trinajstić information content (AvgIpc) is 2.30. The van der Waals surface area contributed by atoms with E-state index in [1.807, 2.05) is 30.3 Å². The van der Waals surface area contributed by atoms with Crippen LogP contribution in [0.4, 0.5) is 0 Å². The van der Waals surface area contributed by atoms with Crippen LogP contribution in [0.1, 0.15) is 5.56 Å². The highest BCUT2D eigenvalue weighted by atomic mass is 14.8. The molecule has 0 radical (unpaired) electrons. The van der Waals surface area contributed by atoms with Crippen molar-refractivity contribution in [3.8, 4) is 11.4 Å². The van der Waals surface area contributed by atoms with E-state index >= 15 is 0 Å². The first-order chi connectivity index (χ1) is 6.92. The standard InChI is InChI=1S/C11H9N3/c12-8-9-4-3-7-14-11(9)10-5-1-2-6-13-10/h1-8,12H. The Kier molecular flexibility index (Phi) is 2.32. The van der Waals surface area contributed by atoms with E-state index in [0.717, 1.165) is 17.0 Å². The second kappa shape index (κ2) is 3.79. The average molecular weight is 183 g/mol. The molecule has 3 nitrogen and oxygen atoms in total. The maximum absolute atomic E-state index is 7.24. The third kappa shape index (κ3) is 1.52. The van der Waals surface area contributed by atoms with Gasteiger partial charge in [-0.3, -0.25) is 9.97 Å². The molecule has 0 unspecified atom stereocenters. The lowest BCUT2D eigenvalue weighted by atomic mass is 10.1. The van der Waals surface area contributed by atoms with Crippen LogP contribution in [0.2, 0.25) is 0 Å². The highest BCUT2D eigenvalue weighted by Gasteiger charge is 2.03. The summed E-state index contributed by atoms with van der Waals surface area (Å²) >= 11 is 0. The highest BCUT2D eigenvalue weighted by molar-refractivity contribution is 5.85. The van der Waals surface area contributed by atoms with E-state index in [1.165, 1.54) is 6.21 Å². The van der Waals surface area contributed by atoms with Crippen molar-refractivity contribution < 1.29 is 0 Å². The predicted molar refractivity (Wildman–Crippen MR) is 55.4 cm³/mol. The van der Waals surface area contributed by atoms with Gasteiger partial charge in [0.1, 0.15) is 0 Å². The number of rotatable bonds is 2. The van der Waals surface area contributed by atoms with Crippen molar-refractivity contribution in [2.24, 2.45) is 0 Å². The predicted octanol–water partition coefficient (Wildman–Crippen LogP) is 2.14. The van der Waals surface area contributed by atoms with Crippen molar-refractivity contribution in [2.45, 2.75) is 0 Å². The maximum Gasteiger partial charge on any atom is 0.0973 e. The van der Waals surface area contributed by atoms with Crippen LogP contribution >= 0.6 is 0 Å². The van der Waals surface area contributed by atoms with Crippen molar-refractivity contribution in [1.82, 2.24) is 9.97 Å². The smallest absolute Gasteiger partial charge is 0.0973 e. The minimum atomic E-state index is 0.753. The second-order valence-corrected chi connectivity index (χ2v) is 2.80. The molecule has 2 aromatic heterocycles. The Morgan fingerprint density at radius 2 is 1.86 bits per heavy atom. The quantitative estimate of drug-likeness (QED) is 0.725. The van der Waals surface area contributed by atoms with Crippen molar-refractivity contribution >= 4 is 6.21 Å². The molecule has 0 aromatic carbocycles. The molecule has 3 heteroatoms. The van der Waals surface area contributed by atoms with Crippen LogP contribution in [-0.4, -0.2) is 16.2 Å². The lowest BCUT2D eigenvalue weighted by Crippen LogP contribution is -1.92. The Balaban J connectivity index is 2.57. The molecular formula is C11H9N3. The molecule has 0 aliphatic carbocycles. The molecule has 0 amide bonds. The zero-order chi connectivity index (χ0) is 9.80. The first-order valence-corrected chi connectivity index (χ1v) is 4.28. The van der Waals surface area contributed by atoms with Gasteiger partial charge in [0.05, 0.1) is 11.4 Å². The van der Waals surface area contributed by atoms with Gasteiger partial charge < -0.3 is 5.41 Å². The number of pyridine rings is 2. The van der Waals surface area contributed by atoms with Gasteiger partial charge in [0, 0.05) is 24.2 Å².